The lowest BCUT2D eigenvalue weighted by molar-refractivity contribution is 1.08. The standard InChI is InChI=1S/C17H13N5OS/c1-11-4-6-12(7-5-11)15-14(9-18)16(23)21-17(20-15)22-19-10-13-3-2-8-24-13/h2-8,10H,1H3,(H2,20,21,22,23)/b19-10+. The Kier molecular flexibility index (Phi) is 4.50. The van der Waals surface area contributed by atoms with Gasteiger partial charge < -0.3 is 0 Å². The molecule has 2 N–H and O–H groups in total. The molecule has 0 aliphatic rings. The van der Waals surface area contributed by atoms with Crippen LogP contribution in [0.2, 0.25) is 0 Å². The van der Waals surface area contributed by atoms with Crippen LogP contribution in [0.5, 0.6) is 0 Å². The van der Waals surface area contributed by atoms with Crippen LogP contribution in [0.3, 0.4) is 0 Å². The number of thiophene rings is 1. The van der Waals surface area contributed by atoms with Crippen molar-refractivity contribution in [1.29, 1.82) is 5.26 Å². The molecule has 0 unspecified atom stereocenters. The minimum atomic E-state index is -0.503. The molecule has 0 fully saturated rings. The summed E-state index contributed by atoms with van der Waals surface area (Å²) in [6.45, 7) is 1.96. The van der Waals surface area contributed by atoms with Crippen LogP contribution in [-0.2, 0) is 0 Å². The van der Waals surface area contributed by atoms with Crippen LogP contribution < -0.4 is 11.0 Å². The highest BCUT2D eigenvalue weighted by molar-refractivity contribution is 7.11. The van der Waals surface area contributed by atoms with E-state index in [1.54, 1.807) is 17.6 Å². The number of rotatable bonds is 4. The summed E-state index contributed by atoms with van der Waals surface area (Å²) in [5.41, 5.74) is 4.29. The zero-order chi connectivity index (χ0) is 16.9. The Balaban J connectivity index is 1.96. The Morgan fingerprint density at radius 1 is 1.33 bits per heavy atom. The van der Waals surface area contributed by atoms with Crippen LogP contribution >= 0.6 is 11.3 Å². The van der Waals surface area contributed by atoms with Crippen LogP contribution in [-0.4, -0.2) is 16.2 Å². The van der Waals surface area contributed by atoms with Crippen molar-refractivity contribution in [3.63, 3.8) is 0 Å². The number of hydrogen-bond acceptors (Lipinski definition) is 6. The van der Waals surface area contributed by atoms with Crippen molar-refractivity contribution in [1.82, 2.24) is 9.97 Å². The smallest absolute Gasteiger partial charge is 0.270 e. The number of H-pyrrole nitrogens is 1. The molecule has 0 bridgehead atoms. The average Bonchev–Trinajstić information content (AvgIpc) is 3.08. The van der Waals surface area contributed by atoms with Crippen molar-refractivity contribution in [2.24, 2.45) is 5.10 Å². The molecule has 0 saturated carbocycles. The van der Waals surface area contributed by atoms with Gasteiger partial charge in [0.05, 0.1) is 11.9 Å². The highest BCUT2D eigenvalue weighted by Gasteiger charge is 2.13. The van der Waals surface area contributed by atoms with E-state index in [-0.39, 0.29) is 11.5 Å². The molecular weight excluding hydrogens is 322 g/mol. The highest BCUT2D eigenvalue weighted by atomic mass is 32.1. The minimum absolute atomic E-state index is 0.0216. The van der Waals surface area contributed by atoms with Gasteiger partial charge in [-0.15, -0.1) is 11.3 Å². The number of aromatic nitrogens is 2. The lowest BCUT2D eigenvalue weighted by Crippen LogP contribution is -2.16. The Hall–Kier alpha value is -3.24. The molecule has 0 atom stereocenters. The first-order valence-electron chi connectivity index (χ1n) is 7.11. The van der Waals surface area contributed by atoms with E-state index in [2.05, 4.69) is 20.5 Å². The molecule has 6 nitrogen and oxygen atoms in total. The zero-order valence-corrected chi connectivity index (χ0v) is 13.6. The Labute approximate surface area is 142 Å². The van der Waals surface area contributed by atoms with Gasteiger partial charge in [0.25, 0.3) is 5.56 Å². The number of hydrogen-bond donors (Lipinski definition) is 2. The molecular formula is C17H13N5OS. The van der Waals surface area contributed by atoms with Crippen molar-refractivity contribution in [2.75, 3.05) is 5.43 Å². The first-order chi connectivity index (χ1) is 11.7. The largest absolute Gasteiger partial charge is 0.290 e. The molecule has 0 radical (unpaired) electrons. The summed E-state index contributed by atoms with van der Waals surface area (Å²) < 4.78 is 0. The van der Waals surface area contributed by atoms with Gasteiger partial charge in [0.2, 0.25) is 5.95 Å². The third-order valence-corrected chi connectivity index (χ3v) is 4.07. The van der Waals surface area contributed by atoms with E-state index in [1.807, 2.05) is 54.8 Å². The molecule has 0 aliphatic heterocycles. The van der Waals surface area contributed by atoms with Crippen LogP contribution in [0.1, 0.15) is 16.0 Å². The monoisotopic (exact) mass is 335 g/mol. The summed E-state index contributed by atoms with van der Waals surface area (Å²) in [4.78, 5) is 19.9. The van der Waals surface area contributed by atoms with Crippen molar-refractivity contribution in [3.05, 3.63) is 68.1 Å². The molecule has 0 aliphatic carbocycles. The second-order valence-electron chi connectivity index (χ2n) is 5.00. The van der Waals surface area contributed by atoms with E-state index < -0.39 is 5.56 Å². The lowest BCUT2D eigenvalue weighted by Gasteiger charge is -2.06. The third-order valence-electron chi connectivity index (χ3n) is 3.26. The van der Waals surface area contributed by atoms with E-state index in [0.717, 1.165) is 10.4 Å². The van der Waals surface area contributed by atoms with E-state index in [9.17, 15) is 10.1 Å². The highest BCUT2D eigenvalue weighted by Crippen LogP contribution is 2.20. The molecule has 118 valence electrons. The molecule has 7 heteroatoms. The first kappa shape index (κ1) is 15.6. The topological polar surface area (TPSA) is 93.9 Å². The molecule has 0 spiro atoms. The fraction of sp³-hybridized carbons (Fsp3) is 0.0588. The van der Waals surface area contributed by atoms with Gasteiger partial charge in [-0.3, -0.25) is 9.78 Å². The van der Waals surface area contributed by atoms with Crippen LogP contribution in [0.15, 0.2) is 51.7 Å². The quantitative estimate of drug-likeness (QED) is 0.566. The van der Waals surface area contributed by atoms with Gasteiger partial charge in [-0.1, -0.05) is 35.9 Å². The number of benzene rings is 1. The SMILES string of the molecule is Cc1ccc(-c2nc(N/N=C/c3cccs3)[nH]c(=O)c2C#N)cc1. The van der Waals surface area contributed by atoms with Crippen molar-refractivity contribution in [2.45, 2.75) is 6.92 Å². The van der Waals surface area contributed by atoms with Gasteiger partial charge in [0.15, 0.2) is 0 Å². The summed E-state index contributed by atoms with van der Waals surface area (Å²) >= 11 is 1.54. The molecule has 0 amide bonds. The van der Waals surface area contributed by atoms with E-state index in [4.69, 9.17) is 0 Å². The number of nitrogens with zero attached hydrogens (tertiary/aromatic N) is 3. The van der Waals surface area contributed by atoms with E-state index in [1.165, 1.54) is 0 Å². The molecule has 1 aromatic carbocycles. The predicted octanol–water partition coefficient (Wildman–Crippen LogP) is 3.12. The number of anilines is 1. The fourth-order valence-electron chi connectivity index (χ4n) is 2.07. The maximum Gasteiger partial charge on any atom is 0.270 e. The number of aromatic amines is 1. The minimum Gasteiger partial charge on any atom is -0.290 e. The summed E-state index contributed by atoms with van der Waals surface area (Å²) in [7, 11) is 0. The van der Waals surface area contributed by atoms with E-state index >= 15 is 0 Å². The van der Waals surface area contributed by atoms with Crippen LogP contribution in [0.25, 0.3) is 11.3 Å². The van der Waals surface area contributed by atoms with Crippen molar-refractivity contribution in [3.8, 4) is 17.3 Å². The fourth-order valence-corrected chi connectivity index (χ4v) is 2.66. The Bertz CT molecular complexity index is 966. The van der Waals surface area contributed by atoms with Gasteiger partial charge in [0, 0.05) is 10.4 Å². The number of nitrogens with one attached hydrogen (secondary N) is 2. The number of hydrazone groups is 1. The van der Waals surface area contributed by atoms with Gasteiger partial charge in [-0.25, -0.2) is 10.4 Å². The Morgan fingerprint density at radius 2 is 2.12 bits per heavy atom. The molecule has 3 aromatic rings. The molecule has 3 rings (SSSR count). The van der Waals surface area contributed by atoms with Crippen LogP contribution in [0.4, 0.5) is 5.95 Å². The lowest BCUT2D eigenvalue weighted by atomic mass is 10.1. The average molecular weight is 335 g/mol. The molecule has 0 saturated heterocycles. The summed E-state index contributed by atoms with van der Waals surface area (Å²) in [6.07, 6.45) is 1.63. The maximum atomic E-state index is 12.1. The first-order valence-corrected chi connectivity index (χ1v) is 7.99. The molecule has 2 aromatic heterocycles. The van der Waals surface area contributed by atoms with E-state index in [0.29, 0.717) is 11.3 Å². The van der Waals surface area contributed by atoms with Crippen molar-refractivity contribution < 1.29 is 0 Å². The maximum absolute atomic E-state index is 12.1. The predicted molar refractivity (Wildman–Crippen MR) is 95.3 cm³/mol. The van der Waals surface area contributed by atoms with Crippen LogP contribution in [0, 0.1) is 18.3 Å². The van der Waals surface area contributed by atoms with Crippen molar-refractivity contribution >= 4 is 23.5 Å². The number of aryl methyl sites for hydroxylation is 1. The second-order valence-corrected chi connectivity index (χ2v) is 5.98. The van der Waals surface area contributed by atoms with Gasteiger partial charge in [-0.2, -0.15) is 10.4 Å². The second kappa shape index (κ2) is 6.89. The normalized spacial score (nSPS) is 10.7. The van der Waals surface area contributed by atoms with Gasteiger partial charge in [-0.05, 0) is 18.4 Å². The molecule has 2 heterocycles. The third kappa shape index (κ3) is 3.39. The van der Waals surface area contributed by atoms with Gasteiger partial charge in [0.1, 0.15) is 11.6 Å². The Morgan fingerprint density at radius 3 is 2.79 bits per heavy atom. The summed E-state index contributed by atoms with van der Waals surface area (Å²) in [5, 5.41) is 15.2. The molecule has 24 heavy (non-hydrogen) atoms. The zero-order valence-electron chi connectivity index (χ0n) is 12.8. The van der Waals surface area contributed by atoms with Gasteiger partial charge >= 0.3 is 0 Å². The summed E-state index contributed by atoms with van der Waals surface area (Å²) in [6, 6.07) is 13.2. The number of nitriles is 1. The summed E-state index contributed by atoms with van der Waals surface area (Å²) in [5.74, 6) is 0.183.